The summed E-state index contributed by atoms with van der Waals surface area (Å²) >= 11 is 0. The fourth-order valence-electron chi connectivity index (χ4n) is 4.04. The summed E-state index contributed by atoms with van der Waals surface area (Å²) in [5.74, 6) is 1.78. The van der Waals surface area contributed by atoms with Crippen LogP contribution in [0.4, 0.5) is 5.69 Å². The number of hydrogen-bond acceptors (Lipinski definition) is 5. The molecule has 0 unspecified atom stereocenters. The smallest absolute Gasteiger partial charge is 0.373 e. The minimum Gasteiger partial charge on any atom is -0.488 e. The summed E-state index contributed by atoms with van der Waals surface area (Å²) in [6, 6.07) is 17.1. The van der Waals surface area contributed by atoms with Gasteiger partial charge >= 0.3 is 6.15 Å². The molecule has 0 bridgehead atoms. The summed E-state index contributed by atoms with van der Waals surface area (Å²) in [7, 11) is 0. The van der Waals surface area contributed by atoms with Gasteiger partial charge in [-0.3, -0.25) is 4.79 Å². The maximum absolute atomic E-state index is 12.5. The largest absolute Gasteiger partial charge is 0.488 e. The van der Waals surface area contributed by atoms with Gasteiger partial charge in [0.05, 0.1) is 6.42 Å². The van der Waals surface area contributed by atoms with E-state index in [2.05, 4.69) is 67.4 Å². The Hall–Kier alpha value is -3.11. The molecule has 0 aromatic heterocycles. The molecule has 0 radical (unpaired) electrons. The SMILES string of the molecule is CCC(C)(C)Oc1cccc(N2CC[C@@H](NC(=O)Cc3ccc(C4CC4)cc3)C2)c1.O=C=O. The average molecular weight is 451 g/mol. The van der Waals surface area contributed by atoms with Crippen LogP contribution in [0, 0.1) is 0 Å². The maximum Gasteiger partial charge on any atom is 0.373 e. The number of amides is 1. The van der Waals surface area contributed by atoms with Crippen molar-refractivity contribution in [2.24, 2.45) is 0 Å². The number of nitrogens with zero attached hydrogens (tertiary/aromatic N) is 1. The fourth-order valence-corrected chi connectivity index (χ4v) is 4.04. The van der Waals surface area contributed by atoms with Crippen LogP contribution in [-0.2, 0) is 20.8 Å². The third-order valence-corrected chi connectivity index (χ3v) is 6.37. The molecule has 2 aromatic rings. The third kappa shape index (κ3) is 7.47. The van der Waals surface area contributed by atoms with Gasteiger partial charge in [-0.05, 0) is 68.7 Å². The van der Waals surface area contributed by atoms with Gasteiger partial charge in [-0.15, -0.1) is 0 Å². The van der Waals surface area contributed by atoms with Gasteiger partial charge in [0.15, 0.2) is 0 Å². The van der Waals surface area contributed by atoms with E-state index < -0.39 is 0 Å². The highest BCUT2D eigenvalue weighted by Crippen LogP contribution is 2.39. The molecule has 1 atom stereocenters. The Labute approximate surface area is 196 Å². The van der Waals surface area contributed by atoms with Crippen LogP contribution in [0.2, 0.25) is 0 Å². The Bertz CT molecular complexity index is 960. The molecule has 1 N–H and O–H groups in total. The van der Waals surface area contributed by atoms with E-state index in [4.69, 9.17) is 14.3 Å². The summed E-state index contributed by atoms with van der Waals surface area (Å²) < 4.78 is 6.14. The molecule has 2 aliphatic rings. The number of ether oxygens (including phenoxy) is 1. The Morgan fingerprint density at radius 3 is 2.45 bits per heavy atom. The summed E-state index contributed by atoms with van der Waals surface area (Å²) in [5.41, 5.74) is 3.50. The molecule has 0 spiro atoms. The van der Waals surface area contributed by atoms with Crippen LogP contribution in [-0.4, -0.2) is 36.8 Å². The zero-order chi connectivity index (χ0) is 23.8. The second-order valence-electron chi connectivity index (χ2n) is 9.49. The van der Waals surface area contributed by atoms with Crippen molar-refractivity contribution >= 4 is 17.7 Å². The average Bonchev–Trinajstić information content (AvgIpc) is 3.53. The lowest BCUT2D eigenvalue weighted by atomic mass is 10.1. The van der Waals surface area contributed by atoms with Crippen molar-refractivity contribution in [2.45, 2.75) is 70.4 Å². The van der Waals surface area contributed by atoms with E-state index >= 15 is 0 Å². The van der Waals surface area contributed by atoms with Gasteiger partial charge in [0.2, 0.25) is 5.91 Å². The summed E-state index contributed by atoms with van der Waals surface area (Å²) in [4.78, 5) is 31.1. The number of benzene rings is 2. The molecule has 176 valence electrons. The molecule has 1 saturated heterocycles. The first kappa shape index (κ1) is 24.5. The van der Waals surface area contributed by atoms with Crippen LogP contribution in [0.1, 0.15) is 63.5 Å². The van der Waals surface area contributed by atoms with Crippen LogP contribution in [0.15, 0.2) is 48.5 Å². The molecule has 6 heteroatoms. The second kappa shape index (κ2) is 11.2. The minimum atomic E-state index is -0.170. The number of anilines is 1. The van der Waals surface area contributed by atoms with Crippen LogP contribution in [0.25, 0.3) is 0 Å². The number of nitrogens with one attached hydrogen (secondary N) is 1. The number of carbonyl (C=O) groups is 1. The molecule has 1 heterocycles. The van der Waals surface area contributed by atoms with Gasteiger partial charge in [0.25, 0.3) is 0 Å². The normalized spacial score (nSPS) is 17.5. The maximum atomic E-state index is 12.5. The van der Waals surface area contributed by atoms with Crippen molar-refractivity contribution in [3.05, 3.63) is 59.7 Å². The molecular weight excluding hydrogens is 416 g/mol. The predicted octanol–water partition coefficient (Wildman–Crippen LogP) is 4.49. The molecule has 6 nitrogen and oxygen atoms in total. The van der Waals surface area contributed by atoms with Crippen LogP contribution >= 0.6 is 0 Å². The van der Waals surface area contributed by atoms with Crippen molar-refractivity contribution in [1.29, 1.82) is 0 Å². The molecule has 2 fully saturated rings. The van der Waals surface area contributed by atoms with E-state index in [9.17, 15) is 4.79 Å². The Balaban J connectivity index is 0.000000968. The van der Waals surface area contributed by atoms with Crippen molar-refractivity contribution in [1.82, 2.24) is 5.32 Å². The van der Waals surface area contributed by atoms with E-state index in [-0.39, 0.29) is 23.7 Å². The highest BCUT2D eigenvalue weighted by molar-refractivity contribution is 5.79. The van der Waals surface area contributed by atoms with Gasteiger partial charge in [-0.25, -0.2) is 0 Å². The van der Waals surface area contributed by atoms with Gasteiger partial charge in [-0.1, -0.05) is 37.3 Å². The van der Waals surface area contributed by atoms with E-state index in [0.29, 0.717) is 6.42 Å². The van der Waals surface area contributed by atoms with E-state index in [0.717, 1.165) is 48.8 Å². The lowest BCUT2D eigenvalue weighted by molar-refractivity contribution is -0.191. The van der Waals surface area contributed by atoms with Crippen LogP contribution in [0.5, 0.6) is 5.75 Å². The lowest BCUT2D eigenvalue weighted by Gasteiger charge is -2.26. The summed E-state index contributed by atoms with van der Waals surface area (Å²) in [5, 5.41) is 3.23. The quantitative estimate of drug-likeness (QED) is 0.642. The molecule has 4 rings (SSSR count). The number of carbonyl (C=O) groups excluding carboxylic acids is 3. The minimum absolute atomic E-state index is 0.114. The first-order valence-electron chi connectivity index (χ1n) is 11.7. The standard InChI is InChI=1S/C26H34N2O2.CO2/c1-4-26(2,3)30-24-7-5-6-23(17-24)28-15-14-22(18-28)27-25(29)16-19-8-10-20(11-9-19)21-12-13-21;2-1-3/h5-11,17,21-22H,4,12-16,18H2,1-3H3,(H,27,29);/t22-;/m1./s1. The van der Waals surface area contributed by atoms with E-state index in [1.54, 1.807) is 0 Å². The van der Waals surface area contributed by atoms with Gasteiger partial charge < -0.3 is 15.0 Å². The van der Waals surface area contributed by atoms with Crippen LogP contribution < -0.4 is 15.0 Å². The lowest BCUT2D eigenvalue weighted by Crippen LogP contribution is -2.38. The van der Waals surface area contributed by atoms with E-state index in [1.807, 2.05) is 12.1 Å². The highest BCUT2D eigenvalue weighted by atomic mass is 16.5. The topological polar surface area (TPSA) is 75.7 Å². The summed E-state index contributed by atoms with van der Waals surface area (Å²) in [6.07, 6.45) is 5.25. The molecule has 1 amide bonds. The predicted molar refractivity (Wildman–Crippen MR) is 127 cm³/mol. The number of hydrogen-bond donors (Lipinski definition) is 1. The van der Waals surface area contributed by atoms with Crippen molar-refractivity contribution in [3.8, 4) is 5.75 Å². The van der Waals surface area contributed by atoms with Gasteiger partial charge in [0.1, 0.15) is 11.4 Å². The second-order valence-corrected chi connectivity index (χ2v) is 9.49. The molecule has 33 heavy (non-hydrogen) atoms. The molecule has 2 aromatic carbocycles. The first-order chi connectivity index (χ1) is 15.8. The zero-order valence-corrected chi connectivity index (χ0v) is 19.8. The van der Waals surface area contributed by atoms with Gasteiger partial charge in [0, 0.05) is 30.9 Å². The highest BCUT2D eigenvalue weighted by Gasteiger charge is 2.26. The number of rotatable bonds is 8. The molecule has 1 aliphatic carbocycles. The van der Waals surface area contributed by atoms with Crippen molar-refractivity contribution in [3.63, 3.8) is 0 Å². The Morgan fingerprint density at radius 1 is 1.12 bits per heavy atom. The Morgan fingerprint density at radius 2 is 1.82 bits per heavy atom. The molecular formula is C27H34N2O4. The fraction of sp³-hybridized carbons (Fsp3) is 0.481. The molecule has 1 saturated carbocycles. The zero-order valence-electron chi connectivity index (χ0n) is 19.8. The third-order valence-electron chi connectivity index (χ3n) is 6.37. The first-order valence-corrected chi connectivity index (χ1v) is 11.7. The van der Waals surface area contributed by atoms with Crippen molar-refractivity contribution in [2.75, 3.05) is 18.0 Å². The Kier molecular flexibility index (Phi) is 8.29. The summed E-state index contributed by atoms with van der Waals surface area (Å²) in [6.45, 7) is 8.15. The van der Waals surface area contributed by atoms with Crippen molar-refractivity contribution < 1.29 is 19.1 Å². The molecule has 1 aliphatic heterocycles. The van der Waals surface area contributed by atoms with E-state index in [1.165, 1.54) is 18.4 Å². The van der Waals surface area contributed by atoms with Gasteiger partial charge in [-0.2, -0.15) is 9.59 Å². The van der Waals surface area contributed by atoms with Crippen LogP contribution in [0.3, 0.4) is 0 Å². The monoisotopic (exact) mass is 450 g/mol.